The number of nitrogens with two attached hydrogens (primary N) is 2. The Balaban J connectivity index is 2.20. The largest absolute Gasteiger partial charge is 0.396 e. The van der Waals surface area contributed by atoms with Gasteiger partial charge in [-0.1, -0.05) is 0 Å². The van der Waals surface area contributed by atoms with E-state index in [1.165, 1.54) is 0 Å². The van der Waals surface area contributed by atoms with Gasteiger partial charge in [0.2, 0.25) is 0 Å². The van der Waals surface area contributed by atoms with Crippen molar-refractivity contribution in [2.45, 2.75) is 25.9 Å². The summed E-state index contributed by atoms with van der Waals surface area (Å²) in [6.45, 7) is 4.31. The summed E-state index contributed by atoms with van der Waals surface area (Å²) in [4.78, 5) is 17.5. The van der Waals surface area contributed by atoms with Gasteiger partial charge in [-0.15, -0.1) is 0 Å². The van der Waals surface area contributed by atoms with Gasteiger partial charge in [0.1, 0.15) is 5.69 Å². The first-order valence-corrected chi connectivity index (χ1v) is 6.54. The summed E-state index contributed by atoms with van der Waals surface area (Å²) < 4.78 is 5.62. The molecule has 0 radical (unpaired) electrons. The average molecular weight is 264 g/mol. The Hall–Kier alpha value is -1.82. The number of hydrogen-bond donors (Lipinski definition) is 2. The van der Waals surface area contributed by atoms with E-state index in [0.717, 1.165) is 32.5 Å². The maximum atomic E-state index is 11.2. The van der Waals surface area contributed by atoms with Crippen molar-refractivity contribution in [3.05, 3.63) is 17.8 Å². The maximum absolute atomic E-state index is 11.2. The Kier molecular flexibility index (Phi) is 4.21. The van der Waals surface area contributed by atoms with Gasteiger partial charge in [0.25, 0.3) is 5.91 Å². The first kappa shape index (κ1) is 13.6. The summed E-state index contributed by atoms with van der Waals surface area (Å²) in [6, 6.07) is 3.21. The Morgan fingerprint density at radius 2 is 2.37 bits per heavy atom. The number of likely N-dealkylation sites (N-methyl/N-ethyl adjacent to an activating group) is 1. The van der Waals surface area contributed by atoms with Crippen LogP contribution in [0.25, 0.3) is 0 Å². The summed E-state index contributed by atoms with van der Waals surface area (Å²) >= 11 is 0. The van der Waals surface area contributed by atoms with Crippen LogP contribution in [0.4, 0.5) is 11.5 Å². The maximum Gasteiger partial charge on any atom is 0.267 e. The highest BCUT2D eigenvalue weighted by molar-refractivity contribution is 5.91. The first-order chi connectivity index (χ1) is 9.11. The van der Waals surface area contributed by atoms with Crippen LogP contribution in [0.3, 0.4) is 0 Å². The number of nitrogens with zero attached hydrogens (tertiary/aromatic N) is 2. The van der Waals surface area contributed by atoms with Crippen molar-refractivity contribution in [3.63, 3.8) is 0 Å². The molecule has 0 spiro atoms. The number of primary amides is 1. The lowest BCUT2D eigenvalue weighted by atomic mass is 10.2. The Morgan fingerprint density at radius 1 is 1.58 bits per heavy atom. The van der Waals surface area contributed by atoms with Crippen LogP contribution >= 0.6 is 0 Å². The van der Waals surface area contributed by atoms with Crippen molar-refractivity contribution >= 4 is 17.4 Å². The fourth-order valence-corrected chi connectivity index (χ4v) is 2.25. The number of nitrogen functional groups attached to an aromatic ring is 1. The van der Waals surface area contributed by atoms with Gasteiger partial charge in [-0.2, -0.15) is 0 Å². The molecule has 19 heavy (non-hydrogen) atoms. The third-order valence-corrected chi connectivity index (χ3v) is 3.29. The molecule has 0 saturated carbocycles. The molecular weight excluding hydrogens is 244 g/mol. The zero-order chi connectivity index (χ0) is 13.8. The van der Waals surface area contributed by atoms with E-state index in [2.05, 4.69) is 4.98 Å². The molecule has 1 aromatic rings. The number of rotatable bonds is 5. The summed E-state index contributed by atoms with van der Waals surface area (Å²) in [5, 5.41) is 0. The smallest absolute Gasteiger partial charge is 0.267 e. The third kappa shape index (κ3) is 3.14. The highest BCUT2D eigenvalue weighted by atomic mass is 16.5. The Morgan fingerprint density at radius 3 is 2.95 bits per heavy atom. The lowest BCUT2D eigenvalue weighted by Crippen LogP contribution is -2.33. The van der Waals surface area contributed by atoms with E-state index in [-0.39, 0.29) is 11.8 Å². The molecule has 0 bridgehead atoms. The molecule has 1 amide bonds. The fourth-order valence-electron chi connectivity index (χ4n) is 2.25. The van der Waals surface area contributed by atoms with Gasteiger partial charge < -0.3 is 21.1 Å². The molecule has 2 heterocycles. The highest BCUT2D eigenvalue weighted by Crippen LogP contribution is 2.23. The topological polar surface area (TPSA) is 94.5 Å². The van der Waals surface area contributed by atoms with E-state index >= 15 is 0 Å². The first-order valence-electron chi connectivity index (χ1n) is 6.54. The monoisotopic (exact) mass is 264 g/mol. The zero-order valence-electron chi connectivity index (χ0n) is 11.1. The molecule has 1 aromatic heterocycles. The minimum absolute atomic E-state index is 0.207. The van der Waals surface area contributed by atoms with E-state index in [1.54, 1.807) is 12.1 Å². The summed E-state index contributed by atoms with van der Waals surface area (Å²) in [5.41, 5.74) is 12.0. The summed E-state index contributed by atoms with van der Waals surface area (Å²) in [6.07, 6.45) is 2.34. The van der Waals surface area contributed by atoms with E-state index in [1.807, 2.05) is 11.8 Å². The van der Waals surface area contributed by atoms with Crippen LogP contribution in [-0.4, -0.2) is 36.7 Å². The molecule has 4 N–H and O–H groups in total. The molecule has 1 aliphatic heterocycles. The number of anilines is 2. The van der Waals surface area contributed by atoms with Crippen LogP contribution in [0.15, 0.2) is 12.1 Å². The highest BCUT2D eigenvalue weighted by Gasteiger charge is 2.21. The van der Waals surface area contributed by atoms with Crippen LogP contribution in [0.2, 0.25) is 0 Å². The number of pyridine rings is 1. The molecule has 1 atom stereocenters. The lowest BCUT2D eigenvalue weighted by Gasteiger charge is -2.26. The van der Waals surface area contributed by atoms with Crippen LogP contribution in [-0.2, 0) is 4.74 Å². The molecule has 104 valence electrons. The number of amides is 1. The minimum atomic E-state index is -0.547. The van der Waals surface area contributed by atoms with Gasteiger partial charge >= 0.3 is 0 Å². The van der Waals surface area contributed by atoms with E-state index in [0.29, 0.717) is 11.5 Å². The third-order valence-electron chi connectivity index (χ3n) is 3.29. The minimum Gasteiger partial charge on any atom is -0.396 e. The number of ether oxygens (including phenoxy) is 1. The van der Waals surface area contributed by atoms with Gasteiger partial charge in [-0.05, 0) is 31.9 Å². The van der Waals surface area contributed by atoms with Gasteiger partial charge in [0.15, 0.2) is 5.82 Å². The van der Waals surface area contributed by atoms with Crippen molar-refractivity contribution in [2.75, 3.05) is 30.3 Å². The summed E-state index contributed by atoms with van der Waals surface area (Å²) in [5.74, 6) is 0.0590. The summed E-state index contributed by atoms with van der Waals surface area (Å²) in [7, 11) is 0. The molecule has 1 saturated heterocycles. The van der Waals surface area contributed by atoms with Crippen molar-refractivity contribution < 1.29 is 9.53 Å². The molecule has 1 aliphatic rings. The second-order valence-corrected chi connectivity index (χ2v) is 4.65. The quantitative estimate of drug-likeness (QED) is 0.819. The number of carbonyl (C=O) groups excluding carboxylic acids is 1. The number of aromatic nitrogens is 1. The predicted molar refractivity (Wildman–Crippen MR) is 74.0 cm³/mol. The fraction of sp³-hybridized carbons (Fsp3) is 0.538. The van der Waals surface area contributed by atoms with Gasteiger partial charge in [-0.3, -0.25) is 4.79 Å². The number of carbonyl (C=O) groups is 1. The molecule has 2 rings (SSSR count). The SMILES string of the molecule is CCN(CC1CCCO1)c1nc(C(N)=O)ccc1N. The van der Waals surface area contributed by atoms with Crippen molar-refractivity contribution in [3.8, 4) is 0 Å². The van der Waals surface area contributed by atoms with Crippen LogP contribution in [0, 0.1) is 0 Å². The molecule has 0 aromatic carbocycles. The molecule has 1 unspecified atom stereocenters. The molecule has 6 heteroatoms. The average Bonchev–Trinajstić information content (AvgIpc) is 2.89. The van der Waals surface area contributed by atoms with Gasteiger partial charge in [0.05, 0.1) is 11.8 Å². The molecule has 1 fully saturated rings. The number of hydrogen-bond acceptors (Lipinski definition) is 5. The normalized spacial score (nSPS) is 18.5. The second-order valence-electron chi connectivity index (χ2n) is 4.65. The van der Waals surface area contributed by atoms with Crippen molar-refractivity contribution in [1.29, 1.82) is 0 Å². The zero-order valence-corrected chi connectivity index (χ0v) is 11.1. The van der Waals surface area contributed by atoms with E-state index in [9.17, 15) is 4.79 Å². The van der Waals surface area contributed by atoms with E-state index in [4.69, 9.17) is 16.2 Å². The van der Waals surface area contributed by atoms with Gasteiger partial charge in [0, 0.05) is 19.7 Å². The molecular formula is C13H20N4O2. The van der Waals surface area contributed by atoms with E-state index < -0.39 is 5.91 Å². The van der Waals surface area contributed by atoms with Crippen LogP contribution < -0.4 is 16.4 Å². The predicted octanol–water partition coefficient (Wildman–Crippen LogP) is 0.768. The Labute approximate surface area is 112 Å². The van der Waals surface area contributed by atoms with Crippen molar-refractivity contribution in [2.24, 2.45) is 5.73 Å². The van der Waals surface area contributed by atoms with Gasteiger partial charge in [-0.25, -0.2) is 4.98 Å². The van der Waals surface area contributed by atoms with Crippen LogP contribution in [0.5, 0.6) is 0 Å². The molecule has 6 nitrogen and oxygen atoms in total. The molecule has 0 aliphatic carbocycles. The lowest BCUT2D eigenvalue weighted by molar-refractivity contribution is 0.0995. The standard InChI is InChI=1S/C13H20N4O2/c1-2-17(8-9-4-3-7-19-9)13-10(14)5-6-11(16-13)12(15)18/h5-6,9H,2-4,7-8,14H2,1H3,(H2,15,18). The second kappa shape index (κ2) is 5.88. The van der Waals surface area contributed by atoms with Crippen molar-refractivity contribution in [1.82, 2.24) is 4.98 Å². The Bertz CT molecular complexity index is 458. The van der Waals surface area contributed by atoms with Crippen LogP contribution in [0.1, 0.15) is 30.3 Å².